The fourth-order valence-electron chi connectivity index (χ4n) is 2.48. The van der Waals surface area contributed by atoms with E-state index in [1.165, 1.54) is 0 Å². The van der Waals surface area contributed by atoms with Crippen molar-refractivity contribution in [2.75, 3.05) is 0 Å². The number of para-hydroxylation sites is 1. The number of benzene rings is 1. The van der Waals surface area contributed by atoms with E-state index in [1.807, 2.05) is 13.8 Å². The zero-order chi connectivity index (χ0) is 12.7. The molecule has 0 fully saturated rings. The van der Waals surface area contributed by atoms with Crippen molar-refractivity contribution in [2.24, 2.45) is 0 Å². The Hall–Kier alpha value is -1.55. The molecule has 0 saturated carbocycles. The molecule has 1 aromatic carbocycles. The van der Waals surface area contributed by atoms with E-state index in [4.69, 9.17) is 9.84 Å². The van der Waals surface area contributed by atoms with Crippen LogP contribution in [0.25, 0.3) is 0 Å². The molecule has 2 N–H and O–H groups in total. The molecule has 0 radical (unpaired) electrons. The predicted octanol–water partition coefficient (Wildman–Crippen LogP) is 1.91. The number of fused-ring (bicyclic) bond motifs is 1. The number of carboxylic acids is 1. The van der Waals surface area contributed by atoms with Gasteiger partial charge in [-0.3, -0.25) is 4.79 Å². The minimum absolute atomic E-state index is 0.267. The summed E-state index contributed by atoms with van der Waals surface area (Å²) in [5, 5.41) is 19.5. The number of aliphatic hydroxyl groups is 1. The molecule has 1 aromatic rings. The number of rotatable bonds is 2. The van der Waals surface area contributed by atoms with E-state index in [-0.39, 0.29) is 12.8 Å². The monoisotopic (exact) mass is 236 g/mol. The van der Waals surface area contributed by atoms with Crippen molar-refractivity contribution in [1.29, 1.82) is 0 Å². The van der Waals surface area contributed by atoms with Crippen LogP contribution in [0.5, 0.6) is 5.75 Å². The van der Waals surface area contributed by atoms with E-state index >= 15 is 0 Å². The predicted molar refractivity (Wildman–Crippen MR) is 61.9 cm³/mol. The van der Waals surface area contributed by atoms with Crippen LogP contribution in [0.4, 0.5) is 0 Å². The molecule has 1 unspecified atom stereocenters. The summed E-state index contributed by atoms with van der Waals surface area (Å²) in [6.45, 7) is 3.69. The number of hydrogen-bond donors (Lipinski definition) is 2. The maximum absolute atomic E-state index is 10.9. The maximum atomic E-state index is 10.9. The number of carbonyl (C=O) groups is 1. The highest BCUT2D eigenvalue weighted by molar-refractivity contribution is 5.69. The lowest BCUT2D eigenvalue weighted by molar-refractivity contribution is -0.147. The van der Waals surface area contributed by atoms with Crippen molar-refractivity contribution in [1.82, 2.24) is 0 Å². The lowest BCUT2D eigenvalue weighted by Gasteiger charge is -2.42. The fraction of sp³-hybridized carbons (Fsp3) is 0.462. The molecule has 2 rings (SSSR count). The third-order valence-electron chi connectivity index (χ3n) is 2.94. The summed E-state index contributed by atoms with van der Waals surface area (Å²) in [7, 11) is 0. The van der Waals surface area contributed by atoms with E-state index < -0.39 is 17.2 Å². The van der Waals surface area contributed by atoms with Crippen LogP contribution in [0.15, 0.2) is 24.3 Å². The van der Waals surface area contributed by atoms with E-state index in [1.54, 1.807) is 24.3 Å². The number of carboxylic acid groups (broad SMARTS) is 1. The van der Waals surface area contributed by atoms with E-state index in [9.17, 15) is 9.90 Å². The summed E-state index contributed by atoms with van der Waals surface area (Å²) in [5.74, 6) is -0.451. The minimum Gasteiger partial charge on any atom is -0.487 e. The van der Waals surface area contributed by atoms with Gasteiger partial charge >= 0.3 is 5.97 Å². The Bertz CT molecular complexity index is 452. The van der Waals surface area contributed by atoms with Gasteiger partial charge in [-0.2, -0.15) is 0 Å². The Morgan fingerprint density at radius 1 is 1.41 bits per heavy atom. The van der Waals surface area contributed by atoms with Crippen LogP contribution in [0.3, 0.4) is 0 Å². The van der Waals surface area contributed by atoms with Crippen molar-refractivity contribution in [3.8, 4) is 5.75 Å². The van der Waals surface area contributed by atoms with Gasteiger partial charge in [0.25, 0.3) is 0 Å². The van der Waals surface area contributed by atoms with Crippen LogP contribution in [0.1, 0.15) is 32.3 Å². The van der Waals surface area contributed by atoms with E-state index in [0.29, 0.717) is 11.3 Å². The average Bonchev–Trinajstić information content (AvgIpc) is 2.13. The molecule has 0 bridgehead atoms. The second-order valence-corrected chi connectivity index (χ2v) is 5.14. The third kappa shape index (κ3) is 2.26. The van der Waals surface area contributed by atoms with Crippen LogP contribution in [-0.2, 0) is 10.4 Å². The second kappa shape index (κ2) is 3.74. The summed E-state index contributed by atoms with van der Waals surface area (Å²) < 4.78 is 5.74. The van der Waals surface area contributed by atoms with Gasteiger partial charge < -0.3 is 14.9 Å². The third-order valence-corrected chi connectivity index (χ3v) is 2.94. The standard InChI is InChI=1S/C13H16O4/c1-12(2)8-13(16,7-11(14)15)9-5-3-4-6-10(9)17-12/h3-6,16H,7-8H2,1-2H3,(H,14,15). The van der Waals surface area contributed by atoms with Crippen LogP contribution < -0.4 is 4.74 Å². The Balaban J connectivity index is 2.49. The molecule has 1 atom stereocenters. The van der Waals surface area contributed by atoms with Gasteiger partial charge in [0, 0.05) is 12.0 Å². The molecule has 0 spiro atoms. The summed E-state index contributed by atoms with van der Waals surface area (Å²) in [5.41, 5.74) is -1.37. The summed E-state index contributed by atoms with van der Waals surface area (Å²) in [6.07, 6.45) is -0.0416. The Kier molecular flexibility index (Phi) is 2.62. The Labute approximate surface area is 99.8 Å². The molecule has 1 aliphatic heterocycles. The lowest BCUT2D eigenvalue weighted by Crippen LogP contribution is -2.45. The molecule has 17 heavy (non-hydrogen) atoms. The summed E-state index contributed by atoms with van der Waals surface area (Å²) >= 11 is 0. The molecule has 0 amide bonds. The zero-order valence-corrected chi connectivity index (χ0v) is 9.93. The van der Waals surface area contributed by atoms with Crippen molar-refractivity contribution in [2.45, 2.75) is 37.9 Å². The molecule has 92 valence electrons. The molecular weight excluding hydrogens is 220 g/mol. The minimum atomic E-state index is -1.36. The highest BCUT2D eigenvalue weighted by Crippen LogP contribution is 2.45. The molecule has 0 aliphatic carbocycles. The molecule has 1 aliphatic rings. The first-order valence-electron chi connectivity index (χ1n) is 5.55. The van der Waals surface area contributed by atoms with Crippen LogP contribution in [-0.4, -0.2) is 21.8 Å². The van der Waals surface area contributed by atoms with E-state index in [2.05, 4.69) is 0 Å². The van der Waals surface area contributed by atoms with Gasteiger partial charge in [0.15, 0.2) is 0 Å². The Morgan fingerprint density at radius 2 is 2.06 bits per heavy atom. The van der Waals surface area contributed by atoms with Gasteiger partial charge in [0.2, 0.25) is 0 Å². The SMILES string of the molecule is CC1(C)CC(O)(CC(=O)O)c2ccccc2O1. The van der Waals surface area contributed by atoms with Gasteiger partial charge in [-0.25, -0.2) is 0 Å². The highest BCUT2D eigenvalue weighted by atomic mass is 16.5. The molecule has 4 nitrogen and oxygen atoms in total. The van der Waals surface area contributed by atoms with Crippen LogP contribution in [0.2, 0.25) is 0 Å². The fourth-order valence-corrected chi connectivity index (χ4v) is 2.48. The Morgan fingerprint density at radius 3 is 2.71 bits per heavy atom. The molecule has 4 heteroatoms. The highest BCUT2D eigenvalue weighted by Gasteiger charge is 2.45. The molecule has 0 saturated heterocycles. The molecule has 0 aromatic heterocycles. The van der Waals surface area contributed by atoms with E-state index in [0.717, 1.165) is 0 Å². The van der Waals surface area contributed by atoms with Gasteiger partial charge in [-0.1, -0.05) is 18.2 Å². The summed E-state index contributed by atoms with van der Waals surface area (Å²) in [4.78, 5) is 10.9. The molecular formula is C13H16O4. The van der Waals surface area contributed by atoms with Gasteiger partial charge in [0.05, 0.1) is 6.42 Å². The smallest absolute Gasteiger partial charge is 0.306 e. The first-order chi connectivity index (χ1) is 7.82. The van der Waals surface area contributed by atoms with Crippen molar-refractivity contribution in [3.05, 3.63) is 29.8 Å². The number of hydrogen-bond acceptors (Lipinski definition) is 3. The lowest BCUT2D eigenvalue weighted by atomic mass is 9.78. The van der Waals surface area contributed by atoms with Crippen molar-refractivity contribution in [3.63, 3.8) is 0 Å². The molecule has 1 heterocycles. The quantitative estimate of drug-likeness (QED) is 0.823. The van der Waals surface area contributed by atoms with Crippen LogP contribution in [0, 0.1) is 0 Å². The summed E-state index contributed by atoms with van der Waals surface area (Å²) in [6, 6.07) is 7.05. The zero-order valence-electron chi connectivity index (χ0n) is 9.93. The number of aliphatic carboxylic acids is 1. The van der Waals surface area contributed by atoms with Gasteiger partial charge in [0.1, 0.15) is 17.0 Å². The first kappa shape index (κ1) is 11.9. The number of ether oxygens (including phenoxy) is 1. The second-order valence-electron chi connectivity index (χ2n) is 5.14. The van der Waals surface area contributed by atoms with Crippen LogP contribution >= 0.6 is 0 Å². The van der Waals surface area contributed by atoms with Gasteiger partial charge in [-0.05, 0) is 19.9 Å². The average molecular weight is 236 g/mol. The topological polar surface area (TPSA) is 66.8 Å². The maximum Gasteiger partial charge on any atom is 0.306 e. The van der Waals surface area contributed by atoms with Gasteiger partial charge in [-0.15, -0.1) is 0 Å². The largest absolute Gasteiger partial charge is 0.487 e. The van der Waals surface area contributed by atoms with Crippen molar-refractivity contribution >= 4 is 5.97 Å². The van der Waals surface area contributed by atoms with Crippen molar-refractivity contribution < 1.29 is 19.7 Å². The first-order valence-corrected chi connectivity index (χ1v) is 5.55. The normalized spacial score (nSPS) is 25.8.